The molecule has 0 aliphatic carbocycles. The maximum Gasteiger partial charge on any atom is 0.0669 e. The summed E-state index contributed by atoms with van der Waals surface area (Å²) in [7, 11) is 2.13. The lowest BCUT2D eigenvalue weighted by Crippen LogP contribution is -2.44. The molecule has 90 valence electrons. The Morgan fingerprint density at radius 3 is 2.65 bits per heavy atom. The van der Waals surface area contributed by atoms with Crippen LogP contribution in [0, 0.1) is 11.3 Å². The van der Waals surface area contributed by atoms with E-state index in [1.807, 2.05) is 18.2 Å². The predicted octanol–water partition coefficient (Wildman–Crippen LogP) is 1.09. The lowest BCUT2D eigenvalue weighted by atomic mass is 10.1. The van der Waals surface area contributed by atoms with Crippen LogP contribution < -0.4 is 10.6 Å². The number of anilines is 2. The van der Waals surface area contributed by atoms with Crippen molar-refractivity contribution in [2.75, 3.05) is 43.9 Å². The van der Waals surface area contributed by atoms with Crippen LogP contribution in [-0.2, 0) is 6.42 Å². The monoisotopic (exact) mass is 230 g/mol. The zero-order valence-electron chi connectivity index (χ0n) is 10.2. The van der Waals surface area contributed by atoms with E-state index in [-0.39, 0.29) is 0 Å². The number of rotatable bonds is 2. The summed E-state index contributed by atoms with van der Waals surface area (Å²) in [5, 5.41) is 8.72. The smallest absolute Gasteiger partial charge is 0.0669 e. The van der Waals surface area contributed by atoms with Crippen molar-refractivity contribution >= 4 is 11.4 Å². The van der Waals surface area contributed by atoms with Crippen LogP contribution in [0.2, 0.25) is 0 Å². The Bertz CT molecular complexity index is 428. The second-order valence-electron chi connectivity index (χ2n) is 4.52. The maximum absolute atomic E-state index is 8.72. The van der Waals surface area contributed by atoms with Crippen LogP contribution in [0.1, 0.15) is 5.56 Å². The van der Waals surface area contributed by atoms with Gasteiger partial charge in [0.05, 0.1) is 23.9 Å². The third-order valence-corrected chi connectivity index (χ3v) is 3.22. The van der Waals surface area contributed by atoms with Crippen LogP contribution in [0.5, 0.6) is 0 Å². The van der Waals surface area contributed by atoms with Crippen molar-refractivity contribution in [3.63, 3.8) is 0 Å². The van der Waals surface area contributed by atoms with E-state index in [1.54, 1.807) is 0 Å². The summed E-state index contributed by atoms with van der Waals surface area (Å²) in [5.41, 5.74) is 8.93. The number of nitrogens with zero attached hydrogens (tertiary/aromatic N) is 3. The summed E-state index contributed by atoms with van der Waals surface area (Å²) in [6.07, 6.45) is 0.445. The molecule has 1 heterocycles. The van der Waals surface area contributed by atoms with Gasteiger partial charge in [0.2, 0.25) is 0 Å². The third kappa shape index (κ3) is 2.69. The minimum Gasteiger partial charge on any atom is -0.397 e. The fourth-order valence-corrected chi connectivity index (χ4v) is 2.11. The Morgan fingerprint density at radius 1 is 1.29 bits per heavy atom. The molecule has 17 heavy (non-hydrogen) atoms. The van der Waals surface area contributed by atoms with Gasteiger partial charge in [0.15, 0.2) is 0 Å². The Hall–Kier alpha value is -1.73. The molecular weight excluding hydrogens is 212 g/mol. The number of hydrogen-bond acceptors (Lipinski definition) is 4. The van der Waals surface area contributed by atoms with Gasteiger partial charge in [-0.3, -0.25) is 0 Å². The molecule has 1 aliphatic heterocycles. The molecule has 1 aliphatic rings. The number of hydrogen-bond donors (Lipinski definition) is 1. The third-order valence-electron chi connectivity index (χ3n) is 3.22. The molecule has 1 aromatic carbocycles. The van der Waals surface area contributed by atoms with Gasteiger partial charge in [-0.25, -0.2) is 0 Å². The predicted molar refractivity (Wildman–Crippen MR) is 69.9 cm³/mol. The Labute approximate surface area is 102 Å². The van der Waals surface area contributed by atoms with Crippen LogP contribution >= 0.6 is 0 Å². The van der Waals surface area contributed by atoms with Crippen LogP contribution in [0.15, 0.2) is 18.2 Å². The lowest BCUT2D eigenvalue weighted by molar-refractivity contribution is 0.313. The molecule has 0 spiro atoms. The van der Waals surface area contributed by atoms with Gasteiger partial charge in [0.1, 0.15) is 0 Å². The van der Waals surface area contributed by atoms with Gasteiger partial charge < -0.3 is 15.5 Å². The fraction of sp³-hybridized carbons (Fsp3) is 0.462. The molecule has 0 aromatic heterocycles. The van der Waals surface area contributed by atoms with E-state index in [0.29, 0.717) is 6.42 Å². The minimum atomic E-state index is 0.445. The molecule has 0 saturated carbocycles. The summed E-state index contributed by atoms with van der Waals surface area (Å²) in [6.45, 7) is 4.11. The molecule has 2 rings (SSSR count). The number of nitrogen functional groups attached to an aromatic ring is 1. The largest absolute Gasteiger partial charge is 0.397 e. The van der Waals surface area contributed by atoms with E-state index in [0.717, 1.165) is 43.1 Å². The van der Waals surface area contributed by atoms with Gasteiger partial charge in [0.25, 0.3) is 0 Å². The topological polar surface area (TPSA) is 56.3 Å². The molecule has 1 aromatic rings. The number of likely N-dealkylation sites (N-methyl/N-ethyl adjacent to an activating group) is 1. The highest BCUT2D eigenvalue weighted by Crippen LogP contribution is 2.25. The van der Waals surface area contributed by atoms with E-state index in [2.05, 4.69) is 22.9 Å². The second-order valence-corrected chi connectivity index (χ2v) is 4.52. The number of nitrogens with two attached hydrogens (primary N) is 1. The van der Waals surface area contributed by atoms with Crippen molar-refractivity contribution in [2.24, 2.45) is 0 Å². The average molecular weight is 230 g/mol. The molecule has 0 unspecified atom stereocenters. The van der Waals surface area contributed by atoms with Crippen LogP contribution in [-0.4, -0.2) is 38.1 Å². The first kappa shape index (κ1) is 11.7. The van der Waals surface area contributed by atoms with Crippen molar-refractivity contribution in [1.29, 1.82) is 5.26 Å². The zero-order valence-corrected chi connectivity index (χ0v) is 10.2. The van der Waals surface area contributed by atoms with E-state index in [4.69, 9.17) is 11.0 Å². The van der Waals surface area contributed by atoms with Crippen LogP contribution in [0.25, 0.3) is 0 Å². The molecule has 0 amide bonds. The molecule has 1 fully saturated rings. The number of benzene rings is 1. The zero-order chi connectivity index (χ0) is 12.3. The highest BCUT2D eigenvalue weighted by molar-refractivity contribution is 5.69. The van der Waals surface area contributed by atoms with Gasteiger partial charge in [-0.05, 0) is 24.7 Å². The highest BCUT2D eigenvalue weighted by atomic mass is 15.2. The van der Waals surface area contributed by atoms with E-state index >= 15 is 0 Å². The normalized spacial score (nSPS) is 16.8. The van der Waals surface area contributed by atoms with E-state index < -0.39 is 0 Å². The molecule has 1 saturated heterocycles. The quantitative estimate of drug-likeness (QED) is 0.773. The van der Waals surface area contributed by atoms with Crippen molar-refractivity contribution in [2.45, 2.75) is 6.42 Å². The molecule has 4 heteroatoms. The van der Waals surface area contributed by atoms with Crippen molar-refractivity contribution in [3.8, 4) is 6.07 Å². The van der Waals surface area contributed by atoms with Gasteiger partial charge >= 0.3 is 0 Å². The summed E-state index contributed by atoms with van der Waals surface area (Å²) in [6, 6.07) is 8.05. The van der Waals surface area contributed by atoms with Gasteiger partial charge in [0, 0.05) is 26.2 Å². The van der Waals surface area contributed by atoms with Crippen molar-refractivity contribution < 1.29 is 0 Å². The molecule has 0 radical (unpaired) electrons. The van der Waals surface area contributed by atoms with Crippen molar-refractivity contribution in [3.05, 3.63) is 23.8 Å². The summed E-state index contributed by atoms with van der Waals surface area (Å²) in [5.74, 6) is 0. The summed E-state index contributed by atoms with van der Waals surface area (Å²) < 4.78 is 0. The molecular formula is C13H18N4. The minimum absolute atomic E-state index is 0.445. The molecule has 0 atom stereocenters. The maximum atomic E-state index is 8.72. The number of piperazine rings is 1. The molecule has 0 bridgehead atoms. The van der Waals surface area contributed by atoms with Crippen molar-refractivity contribution in [1.82, 2.24) is 4.90 Å². The fourth-order valence-electron chi connectivity index (χ4n) is 2.11. The van der Waals surface area contributed by atoms with E-state index in [1.165, 1.54) is 0 Å². The first-order valence-corrected chi connectivity index (χ1v) is 5.89. The highest BCUT2D eigenvalue weighted by Gasteiger charge is 2.16. The van der Waals surface area contributed by atoms with Gasteiger partial charge in [-0.15, -0.1) is 0 Å². The average Bonchev–Trinajstić information content (AvgIpc) is 2.33. The van der Waals surface area contributed by atoms with Crippen LogP contribution in [0.3, 0.4) is 0 Å². The van der Waals surface area contributed by atoms with Crippen LogP contribution in [0.4, 0.5) is 11.4 Å². The standard InChI is InChI=1S/C13H18N4/c1-16-6-8-17(9-7-16)13-10-11(4-5-14)2-3-12(13)15/h2-3,10H,4,6-9,15H2,1H3. The number of nitriles is 1. The second kappa shape index (κ2) is 5.07. The lowest BCUT2D eigenvalue weighted by Gasteiger charge is -2.34. The SMILES string of the molecule is CN1CCN(c2cc(CC#N)ccc2N)CC1. The molecule has 2 N–H and O–H groups in total. The van der Waals surface area contributed by atoms with E-state index in [9.17, 15) is 0 Å². The van der Waals surface area contributed by atoms with Gasteiger partial charge in [-0.1, -0.05) is 6.07 Å². The Morgan fingerprint density at radius 2 is 2.00 bits per heavy atom. The Balaban J connectivity index is 2.19. The summed E-state index contributed by atoms with van der Waals surface area (Å²) >= 11 is 0. The summed E-state index contributed by atoms with van der Waals surface area (Å²) in [4.78, 5) is 4.61. The first-order chi connectivity index (χ1) is 8.20. The Kier molecular flexibility index (Phi) is 3.50. The molecule has 4 nitrogen and oxygen atoms in total. The first-order valence-electron chi connectivity index (χ1n) is 5.89. The van der Waals surface area contributed by atoms with Gasteiger partial charge in [-0.2, -0.15) is 5.26 Å².